The van der Waals surface area contributed by atoms with E-state index in [2.05, 4.69) is 68.9 Å². The van der Waals surface area contributed by atoms with Crippen LogP contribution in [0.5, 0.6) is 0 Å². The maximum Gasteiger partial charge on any atom is 0.0944 e. The van der Waals surface area contributed by atoms with Gasteiger partial charge in [0.25, 0.3) is 0 Å². The Morgan fingerprint density at radius 2 is 1.33 bits per heavy atom. The quantitative estimate of drug-likeness (QED) is 0.360. The molecule has 0 amide bonds. The normalized spacial score (nSPS) is 11.6. The molecular formula is C18H37+. The minimum Gasteiger partial charge on any atom is -0.100 e. The molecule has 0 radical (unpaired) electrons. The summed E-state index contributed by atoms with van der Waals surface area (Å²) in [7, 11) is 0. The highest BCUT2D eigenvalue weighted by atomic mass is 14.2. The van der Waals surface area contributed by atoms with Crippen molar-refractivity contribution in [1.82, 2.24) is 0 Å². The zero-order chi connectivity index (χ0) is 15.0. The number of hydrogen-bond acceptors (Lipinski definition) is 0. The lowest BCUT2D eigenvalue weighted by Gasteiger charge is -2.21. The highest BCUT2D eigenvalue weighted by molar-refractivity contribution is 4.93. The molecule has 0 rings (SSSR count). The van der Waals surface area contributed by atoms with Gasteiger partial charge in [-0.2, -0.15) is 0 Å². The predicted octanol–water partition coefficient (Wildman–Crippen LogP) is 6.82. The van der Waals surface area contributed by atoms with E-state index in [1.54, 1.807) is 5.92 Å². The minimum atomic E-state index is 0.464. The fourth-order valence-electron chi connectivity index (χ4n) is 2.02. The van der Waals surface area contributed by atoms with E-state index in [0.29, 0.717) is 10.8 Å². The number of hydrogen-bond donors (Lipinski definition) is 0. The molecule has 0 N–H and O–H groups in total. The van der Waals surface area contributed by atoms with E-state index < -0.39 is 0 Å². The van der Waals surface area contributed by atoms with Gasteiger partial charge in [-0.05, 0) is 25.2 Å². The molecule has 0 aliphatic carbocycles. The maximum atomic E-state index is 3.89. The SMILES string of the molecule is C=C(C)CC(C)(C)CC.CCC(C)(C)C[C+](C)C. The van der Waals surface area contributed by atoms with E-state index in [0.717, 1.165) is 6.42 Å². The Hall–Kier alpha value is -0.390. The van der Waals surface area contributed by atoms with Crippen LogP contribution >= 0.6 is 0 Å². The Morgan fingerprint density at radius 3 is 1.44 bits per heavy atom. The monoisotopic (exact) mass is 253 g/mol. The first-order valence-electron chi connectivity index (χ1n) is 7.39. The summed E-state index contributed by atoms with van der Waals surface area (Å²) < 4.78 is 0. The average Bonchev–Trinajstić information content (AvgIpc) is 2.15. The van der Waals surface area contributed by atoms with Gasteiger partial charge in [0.15, 0.2) is 0 Å². The van der Waals surface area contributed by atoms with Gasteiger partial charge >= 0.3 is 0 Å². The molecule has 0 aromatic carbocycles. The Bertz CT molecular complexity index is 218. The van der Waals surface area contributed by atoms with Gasteiger partial charge in [0.05, 0.1) is 26.2 Å². The van der Waals surface area contributed by atoms with Crippen LogP contribution in [0.1, 0.15) is 88.0 Å². The summed E-state index contributed by atoms with van der Waals surface area (Å²) >= 11 is 0. The van der Waals surface area contributed by atoms with E-state index in [4.69, 9.17) is 0 Å². The molecule has 0 aliphatic heterocycles. The lowest BCUT2D eigenvalue weighted by molar-refractivity contribution is 0.332. The Morgan fingerprint density at radius 1 is 0.944 bits per heavy atom. The molecule has 18 heavy (non-hydrogen) atoms. The number of allylic oxidation sites excluding steroid dienone is 1. The predicted molar refractivity (Wildman–Crippen MR) is 86.8 cm³/mol. The van der Waals surface area contributed by atoms with Gasteiger partial charge in [0.2, 0.25) is 0 Å². The molecule has 0 fully saturated rings. The first-order valence-corrected chi connectivity index (χ1v) is 7.39. The summed E-state index contributed by atoms with van der Waals surface area (Å²) in [6.07, 6.45) is 4.94. The summed E-state index contributed by atoms with van der Waals surface area (Å²) in [4.78, 5) is 0. The van der Waals surface area contributed by atoms with Gasteiger partial charge in [0.1, 0.15) is 0 Å². The zero-order valence-electron chi connectivity index (χ0n) is 14.5. The van der Waals surface area contributed by atoms with Crippen molar-refractivity contribution >= 4 is 0 Å². The fourth-order valence-corrected chi connectivity index (χ4v) is 2.02. The summed E-state index contributed by atoms with van der Waals surface area (Å²) in [6, 6.07) is 0. The summed E-state index contributed by atoms with van der Waals surface area (Å²) in [5.41, 5.74) is 2.28. The molecular weight excluding hydrogens is 216 g/mol. The van der Waals surface area contributed by atoms with Crippen LogP contribution in [0.3, 0.4) is 0 Å². The zero-order valence-corrected chi connectivity index (χ0v) is 14.5. The van der Waals surface area contributed by atoms with Gasteiger partial charge in [-0.1, -0.05) is 53.5 Å². The molecule has 0 unspecified atom stereocenters. The smallest absolute Gasteiger partial charge is 0.0944 e. The molecule has 0 heterocycles. The van der Waals surface area contributed by atoms with Gasteiger partial charge in [-0.25, -0.2) is 0 Å². The van der Waals surface area contributed by atoms with Crippen LogP contribution in [0.25, 0.3) is 0 Å². The maximum absolute atomic E-state index is 3.89. The first kappa shape index (κ1) is 19.9. The van der Waals surface area contributed by atoms with E-state index in [1.807, 2.05) is 0 Å². The molecule has 0 aliphatic rings. The summed E-state index contributed by atoms with van der Waals surface area (Å²) in [5, 5.41) is 0. The van der Waals surface area contributed by atoms with Crippen LogP contribution in [0.15, 0.2) is 12.2 Å². The van der Waals surface area contributed by atoms with Crippen LogP contribution in [0.2, 0.25) is 0 Å². The van der Waals surface area contributed by atoms with Crippen molar-refractivity contribution in [1.29, 1.82) is 0 Å². The molecule has 0 bridgehead atoms. The third-order valence-electron chi connectivity index (χ3n) is 3.53. The largest absolute Gasteiger partial charge is 0.100 e. The summed E-state index contributed by atoms with van der Waals surface area (Å²) in [6.45, 7) is 24.1. The molecule has 0 saturated heterocycles. The first-order chi connectivity index (χ1) is 7.95. The van der Waals surface area contributed by atoms with Crippen molar-refractivity contribution < 1.29 is 0 Å². The second-order valence-corrected chi connectivity index (χ2v) is 7.55. The molecule has 0 nitrogen and oxygen atoms in total. The van der Waals surface area contributed by atoms with Crippen molar-refractivity contribution in [2.45, 2.75) is 88.0 Å². The second kappa shape index (κ2) is 8.67. The van der Waals surface area contributed by atoms with Crippen molar-refractivity contribution in [2.24, 2.45) is 10.8 Å². The molecule has 0 spiro atoms. The van der Waals surface area contributed by atoms with Crippen LogP contribution in [0, 0.1) is 16.7 Å². The van der Waals surface area contributed by atoms with Crippen molar-refractivity contribution in [2.75, 3.05) is 0 Å². The molecule has 0 heteroatoms. The van der Waals surface area contributed by atoms with Gasteiger partial charge < -0.3 is 0 Å². The average molecular weight is 253 g/mol. The molecule has 0 aromatic heterocycles. The van der Waals surface area contributed by atoms with Gasteiger partial charge in [-0.15, -0.1) is 6.58 Å². The number of rotatable bonds is 6. The topological polar surface area (TPSA) is 0 Å². The van der Waals surface area contributed by atoms with Crippen LogP contribution in [-0.4, -0.2) is 0 Å². The molecule has 0 atom stereocenters. The third-order valence-corrected chi connectivity index (χ3v) is 3.53. The van der Waals surface area contributed by atoms with Crippen molar-refractivity contribution in [3.05, 3.63) is 18.1 Å². The standard InChI is InChI=1S/C9H19.C9H18/c2*1-6-9(4,5)7-8(2)3/h6-7H2,1-5H3;2,6-7H2,1,3-5H3/q+1;. The van der Waals surface area contributed by atoms with E-state index in [9.17, 15) is 0 Å². The van der Waals surface area contributed by atoms with Crippen LogP contribution in [-0.2, 0) is 0 Å². The molecule has 0 aromatic rings. The van der Waals surface area contributed by atoms with Crippen LogP contribution < -0.4 is 0 Å². The van der Waals surface area contributed by atoms with Crippen LogP contribution in [0.4, 0.5) is 0 Å². The van der Waals surface area contributed by atoms with E-state index >= 15 is 0 Å². The van der Waals surface area contributed by atoms with E-state index in [-0.39, 0.29) is 0 Å². The van der Waals surface area contributed by atoms with Crippen molar-refractivity contribution in [3.63, 3.8) is 0 Å². The molecule has 0 saturated carbocycles. The Balaban J connectivity index is 0. The Kier molecular flexibility index (Phi) is 9.60. The Labute approximate surface area is 117 Å². The highest BCUT2D eigenvalue weighted by Gasteiger charge is 2.22. The minimum absolute atomic E-state index is 0.464. The highest BCUT2D eigenvalue weighted by Crippen LogP contribution is 2.29. The fraction of sp³-hybridized carbons (Fsp3) is 0.833. The lowest BCUT2D eigenvalue weighted by Crippen LogP contribution is -2.11. The molecule has 108 valence electrons. The third kappa shape index (κ3) is 13.7. The van der Waals surface area contributed by atoms with E-state index in [1.165, 1.54) is 24.8 Å². The summed E-state index contributed by atoms with van der Waals surface area (Å²) in [5.74, 6) is 1.54. The second-order valence-electron chi connectivity index (χ2n) is 7.55. The van der Waals surface area contributed by atoms with Gasteiger partial charge in [0, 0.05) is 5.41 Å². The van der Waals surface area contributed by atoms with Gasteiger partial charge in [-0.3, -0.25) is 0 Å². The lowest BCUT2D eigenvalue weighted by atomic mass is 9.82. The van der Waals surface area contributed by atoms with Crippen molar-refractivity contribution in [3.8, 4) is 0 Å².